The van der Waals surface area contributed by atoms with Crippen LogP contribution in [0.4, 0.5) is 0 Å². The Balaban J connectivity index is 3.67. The largest absolute Gasteiger partial charge is 0.459 e. The maximum Gasteiger partial charge on any atom is 0.384 e. The predicted octanol–water partition coefficient (Wildman–Crippen LogP) is -0.169. The third-order valence-corrected chi connectivity index (χ3v) is 1.88. The average Bonchev–Trinajstić information content (AvgIpc) is 2.01. The van der Waals surface area contributed by atoms with E-state index in [1.165, 1.54) is 7.11 Å². The summed E-state index contributed by atoms with van der Waals surface area (Å²) in [6, 6.07) is 0. The van der Waals surface area contributed by atoms with Gasteiger partial charge < -0.3 is 4.74 Å². The summed E-state index contributed by atoms with van der Waals surface area (Å²) >= 11 is 0. The molecule has 6 heteroatoms. The van der Waals surface area contributed by atoms with E-state index < -0.39 is 16.1 Å². The van der Waals surface area contributed by atoms with Crippen molar-refractivity contribution in [3.8, 4) is 11.8 Å². The number of carbonyl (C=O) groups excluding carboxylic acids is 1. The zero-order valence-corrected chi connectivity index (χ0v) is 7.93. The molecule has 0 aliphatic carbocycles. The molecule has 0 atom stereocenters. The van der Waals surface area contributed by atoms with E-state index >= 15 is 0 Å². The predicted molar refractivity (Wildman–Crippen MR) is 45.4 cm³/mol. The van der Waals surface area contributed by atoms with Crippen LogP contribution in [0.2, 0.25) is 0 Å². The zero-order valence-electron chi connectivity index (χ0n) is 7.11. The fourth-order valence-electron chi connectivity index (χ4n) is 0.529. The first-order chi connectivity index (χ1) is 5.95. The SMILES string of the molecule is COC(=O)C#CCCCS(=O)(=O)O. The summed E-state index contributed by atoms with van der Waals surface area (Å²) in [6.07, 6.45) is 0.428. The lowest BCUT2D eigenvalue weighted by atomic mass is 10.3. The van der Waals surface area contributed by atoms with E-state index in [1.807, 2.05) is 0 Å². The van der Waals surface area contributed by atoms with Crippen molar-refractivity contribution >= 4 is 16.1 Å². The Morgan fingerprint density at radius 3 is 2.62 bits per heavy atom. The van der Waals surface area contributed by atoms with Gasteiger partial charge in [-0.15, -0.1) is 0 Å². The van der Waals surface area contributed by atoms with Crippen LogP contribution in [0.1, 0.15) is 12.8 Å². The molecule has 13 heavy (non-hydrogen) atoms. The first-order valence-electron chi connectivity index (χ1n) is 3.47. The van der Waals surface area contributed by atoms with Gasteiger partial charge in [-0.05, 0) is 6.42 Å². The van der Waals surface area contributed by atoms with Crippen molar-refractivity contribution in [2.75, 3.05) is 12.9 Å². The molecule has 0 unspecified atom stereocenters. The lowest BCUT2D eigenvalue weighted by Gasteiger charge is -1.90. The van der Waals surface area contributed by atoms with Gasteiger partial charge in [0.1, 0.15) is 0 Å². The third-order valence-electron chi connectivity index (χ3n) is 1.08. The molecular weight excluding hydrogens is 196 g/mol. The molecule has 0 aromatic heterocycles. The summed E-state index contributed by atoms with van der Waals surface area (Å²) in [5, 5.41) is 0. The number of ether oxygens (including phenoxy) is 1. The number of methoxy groups -OCH3 is 1. The van der Waals surface area contributed by atoms with Gasteiger partial charge in [0.25, 0.3) is 10.1 Å². The van der Waals surface area contributed by atoms with Crippen molar-refractivity contribution in [3.63, 3.8) is 0 Å². The second-order valence-electron chi connectivity index (χ2n) is 2.18. The zero-order chi connectivity index (χ0) is 10.3. The maximum absolute atomic E-state index is 10.4. The molecule has 0 aromatic carbocycles. The van der Waals surface area contributed by atoms with Gasteiger partial charge in [0.15, 0.2) is 0 Å². The number of esters is 1. The minimum atomic E-state index is -3.91. The standard InChI is InChI=1S/C7H10O5S/c1-12-7(8)5-3-2-4-6-13(9,10)11/h2,4,6H2,1H3,(H,9,10,11). The van der Waals surface area contributed by atoms with E-state index in [-0.39, 0.29) is 18.6 Å². The fourth-order valence-corrected chi connectivity index (χ4v) is 1.04. The second-order valence-corrected chi connectivity index (χ2v) is 3.76. The van der Waals surface area contributed by atoms with Gasteiger partial charge >= 0.3 is 5.97 Å². The van der Waals surface area contributed by atoms with E-state index in [1.54, 1.807) is 0 Å². The highest BCUT2D eigenvalue weighted by atomic mass is 32.2. The van der Waals surface area contributed by atoms with Gasteiger partial charge in [-0.3, -0.25) is 4.55 Å². The summed E-state index contributed by atoms with van der Waals surface area (Å²) in [4.78, 5) is 10.4. The molecular formula is C7H10O5S. The van der Waals surface area contributed by atoms with Crippen LogP contribution >= 0.6 is 0 Å². The Bertz CT molecular complexity index is 319. The highest BCUT2D eigenvalue weighted by molar-refractivity contribution is 7.85. The summed E-state index contributed by atoms with van der Waals surface area (Å²) in [6.45, 7) is 0. The fraction of sp³-hybridized carbons (Fsp3) is 0.571. The number of carbonyl (C=O) groups is 1. The van der Waals surface area contributed by atoms with Gasteiger partial charge in [-0.2, -0.15) is 8.42 Å². The number of hydrogen-bond donors (Lipinski definition) is 1. The molecule has 0 amide bonds. The lowest BCUT2D eigenvalue weighted by Crippen LogP contribution is -2.03. The van der Waals surface area contributed by atoms with Crippen LogP contribution in [0.25, 0.3) is 0 Å². The molecule has 0 spiro atoms. The van der Waals surface area contributed by atoms with Crippen LogP contribution < -0.4 is 0 Å². The van der Waals surface area contributed by atoms with Gasteiger partial charge in [0.05, 0.1) is 12.9 Å². The third kappa shape index (κ3) is 8.85. The van der Waals surface area contributed by atoms with Crippen LogP contribution in [-0.4, -0.2) is 31.8 Å². The number of unbranched alkanes of at least 4 members (excludes halogenated alkanes) is 1. The molecule has 0 bridgehead atoms. The Morgan fingerprint density at radius 2 is 2.15 bits per heavy atom. The average molecular weight is 206 g/mol. The van der Waals surface area contributed by atoms with Crippen LogP contribution in [0.5, 0.6) is 0 Å². The smallest absolute Gasteiger partial charge is 0.384 e. The maximum atomic E-state index is 10.4. The molecule has 0 aliphatic rings. The molecule has 0 heterocycles. The van der Waals surface area contributed by atoms with Crippen molar-refractivity contribution in [1.29, 1.82) is 0 Å². The molecule has 74 valence electrons. The molecule has 1 N–H and O–H groups in total. The van der Waals surface area contributed by atoms with E-state index in [9.17, 15) is 13.2 Å². The molecule has 0 aromatic rings. The first-order valence-corrected chi connectivity index (χ1v) is 5.08. The van der Waals surface area contributed by atoms with E-state index in [2.05, 4.69) is 16.6 Å². The number of hydrogen-bond acceptors (Lipinski definition) is 4. The van der Waals surface area contributed by atoms with Crippen LogP contribution in [0.15, 0.2) is 0 Å². The molecule has 0 fully saturated rings. The van der Waals surface area contributed by atoms with Gasteiger partial charge in [-0.25, -0.2) is 4.79 Å². The van der Waals surface area contributed by atoms with Gasteiger partial charge in [0.2, 0.25) is 0 Å². The van der Waals surface area contributed by atoms with Crippen molar-refractivity contribution in [3.05, 3.63) is 0 Å². The molecule has 0 rings (SSSR count). The van der Waals surface area contributed by atoms with Crippen LogP contribution in [0.3, 0.4) is 0 Å². The summed E-state index contributed by atoms with van der Waals surface area (Å²) in [7, 11) is -2.71. The highest BCUT2D eigenvalue weighted by Crippen LogP contribution is 1.91. The molecule has 0 aliphatic heterocycles. The van der Waals surface area contributed by atoms with Crippen molar-refractivity contribution in [2.24, 2.45) is 0 Å². The molecule has 5 nitrogen and oxygen atoms in total. The minimum Gasteiger partial charge on any atom is -0.459 e. The number of rotatable bonds is 3. The quantitative estimate of drug-likeness (QED) is 0.228. The van der Waals surface area contributed by atoms with Crippen LogP contribution in [-0.2, 0) is 19.6 Å². The van der Waals surface area contributed by atoms with E-state index in [0.29, 0.717) is 0 Å². The minimum absolute atomic E-state index is 0.197. The van der Waals surface area contributed by atoms with Crippen molar-refractivity contribution < 1.29 is 22.5 Å². The van der Waals surface area contributed by atoms with Gasteiger partial charge in [0, 0.05) is 12.3 Å². The highest BCUT2D eigenvalue weighted by Gasteiger charge is 2.01. The van der Waals surface area contributed by atoms with Crippen molar-refractivity contribution in [2.45, 2.75) is 12.8 Å². The summed E-state index contributed by atoms with van der Waals surface area (Å²) in [5.41, 5.74) is 0. The Morgan fingerprint density at radius 1 is 1.54 bits per heavy atom. The Hall–Kier alpha value is -1.06. The Labute approximate surface area is 76.8 Å². The van der Waals surface area contributed by atoms with E-state index in [0.717, 1.165) is 0 Å². The van der Waals surface area contributed by atoms with Crippen LogP contribution in [0, 0.1) is 11.8 Å². The Kier molecular flexibility index (Phi) is 5.11. The molecule has 0 saturated carbocycles. The first kappa shape index (κ1) is 11.9. The summed E-state index contributed by atoms with van der Waals surface area (Å²) in [5.74, 6) is 3.53. The lowest BCUT2D eigenvalue weighted by molar-refractivity contribution is -0.133. The molecule has 0 saturated heterocycles. The topological polar surface area (TPSA) is 80.7 Å². The monoisotopic (exact) mass is 206 g/mol. The summed E-state index contributed by atoms with van der Waals surface area (Å²) < 4.78 is 32.9. The van der Waals surface area contributed by atoms with Gasteiger partial charge in [-0.1, -0.05) is 5.92 Å². The normalized spacial score (nSPS) is 10.0. The molecule has 0 radical (unpaired) electrons. The van der Waals surface area contributed by atoms with Crippen molar-refractivity contribution in [1.82, 2.24) is 0 Å². The van der Waals surface area contributed by atoms with E-state index in [4.69, 9.17) is 4.55 Å². The second kappa shape index (κ2) is 5.56.